The number of hydrogen-bond acceptors (Lipinski definition) is 0. The largest absolute Gasteiger partial charge is 0.120 e. The molecule has 0 heterocycles. The SMILES string of the molecule is C#CCCCC1(C)CCCCC1. The highest BCUT2D eigenvalue weighted by Gasteiger charge is 2.25. The minimum Gasteiger partial charge on any atom is -0.120 e. The maximum atomic E-state index is 5.24. The predicted octanol–water partition coefficient (Wildman–Crippen LogP) is 3.76. The first-order valence-electron chi connectivity index (χ1n) is 5.20. The molecule has 0 radical (unpaired) electrons. The number of unbranched alkanes of at least 4 members (excludes halogenated alkanes) is 1. The molecule has 0 heteroatoms. The zero-order valence-electron chi connectivity index (χ0n) is 8.23. The summed E-state index contributed by atoms with van der Waals surface area (Å²) in [4.78, 5) is 0. The van der Waals surface area contributed by atoms with Gasteiger partial charge in [0.15, 0.2) is 0 Å². The third-order valence-corrected chi connectivity index (χ3v) is 3.16. The summed E-state index contributed by atoms with van der Waals surface area (Å²) in [6, 6.07) is 0. The molecular weight excluding hydrogens is 144 g/mol. The standard InChI is InChI=1S/C12H20/c1-3-4-6-9-12(2)10-7-5-8-11-12/h1H,4-11H2,2H3. The van der Waals surface area contributed by atoms with E-state index in [9.17, 15) is 0 Å². The van der Waals surface area contributed by atoms with Gasteiger partial charge in [0.1, 0.15) is 0 Å². The van der Waals surface area contributed by atoms with Crippen molar-refractivity contribution < 1.29 is 0 Å². The molecule has 1 saturated carbocycles. The van der Waals surface area contributed by atoms with Crippen molar-refractivity contribution in [2.24, 2.45) is 5.41 Å². The van der Waals surface area contributed by atoms with Crippen LogP contribution in [0, 0.1) is 17.8 Å². The molecule has 0 saturated heterocycles. The Hall–Kier alpha value is -0.440. The summed E-state index contributed by atoms with van der Waals surface area (Å²) in [7, 11) is 0. The Morgan fingerprint density at radius 2 is 1.92 bits per heavy atom. The van der Waals surface area contributed by atoms with E-state index in [0.717, 1.165) is 6.42 Å². The van der Waals surface area contributed by atoms with E-state index in [4.69, 9.17) is 6.42 Å². The normalized spacial score (nSPS) is 21.7. The molecule has 1 aliphatic carbocycles. The molecule has 0 spiro atoms. The van der Waals surface area contributed by atoms with Crippen LogP contribution in [0.1, 0.15) is 58.3 Å². The van der Waals surface area contributed by atoms with Crippen LogP contribution in [0.2, 0.25) is 0 Å². The van der Waals surface area contributed by atoms with Gasteiger partial charge in [-0.3, -0.25) is 0 Å². The van der Waals surface area contributed by atoms with Crippen molar-refractivity contribution in [3.8, 4) is 12.3 Å². The Morgan fingerprint density at radius 3 is 2.50 bits per heavy atom. The van der Waals surface area contributed by atoms with Gasteiger partial charge in [0, 0.05) is 6.42 Å². The van der Waals surface area contributed by atoms with Gasteiger partial charge in [0.25, 0.3) is 0 Å². The van der Waals surface area contributed by atoms with Crippen molar-refractivity contribution >= 4 is 0 Å². The Labute approximate surface area is 76.7 Å². The summed E-state index contributed by atoms with van der Waals surface area (Å²) in [5.41, 5.74) is 0.634. The summed E-state index contributed by atoms with van der Waals surface area (Å²) in [6.07, 6.45) is 16.0. The van der Waals surface area contributed by atoms with Crippen LogP contribution >= 0.6 is 0 Å². The fourth-order valence-corrected chi connectivity index (χ4v) is 2.27. The molecule has 0 unspecified atom stereocenters. The second-order valence-electron chi connectivity index (χ2n) is 4.43. The van der Waals surface area contributed by atoms with E-state index in [1.807, 2.05) is 0 Å². The molecule has 0 nitrogen and oxygen atoms in total. The minimum atomic E-state index is 0.634. The maximum absolute atomic E-state index is 5.24. The van der Waals surface area contributed by atoms with Crippen molar-refractivity contribution in [2.75, 3.05) is 0 Å². The van der Waals surface area contributed by atoms with Gasteiger partial charge in [-0.1, -0.05) is 26.2 Å². The fraction of sp³-hybridized carbons (Fsp3) is 0.833. The smallest absolute Gasteiger partial charge is 0.00862 e. The lowest BCUT2D eigenvalue weighted by molar-refractivity contribution is 0.195. The molecule has 0 atom stereocenters. The van der Waals surface area contributed by atoms with Gasteiger partial charge in [-0.2, -0.15) is 0 Å². The lowest BCUT2D eigenvalue weighted by Gasteiger charge is -2.33. The Kier molecular flexibility index (Phi) is 3.66. The zero-order chi connectivity index (χ0) is 8.86. The molecule has 1 rings (SSSR count). The van der Waals surface area contributed by atoms with E-state index >= 15 is 0 Å². The lowest BCUT2D eigenvalue weighted by Crippen LogP contribution is -2.19. The molecule has 0 aromatic rings. The van der Waals surface area contributed by atoms with E-state index in [1.165, 1.54) is 44.9 Å². The van der Waals surface area contributed by atoms with Crippen LogP contribution < -0.4 is 0 Å². The van der Waals surface area contributed by atoms with Crippen LogP contribution in [-0.4, -0.2) is 0 Å². The molecule has 68 valence electrons. The predicted molar refractivity (Wildman–Crippen MR) is 53.9 cm³/mol. The van der Waals surface area contributed by atoms with Gasteiger partial charge >= 0.3 is 0 Å². The second kappa shape index (κ2) is 4.55. The van der Waals surface area contributed by atoms with Gasteiger partial charge in [-0.05, 0) is 31.1 Å². The summed E-state index contributed by atoms with van der Waals surface area (Å²) < 4.78 is 0. The van der Waals surface area contributed by atoms with Crippen molar-refractivity contribution in [2.45, 2.75) is 58.3 Å². The van der Waals surface area contributed by atoms with E-state index in [1.54, 1.807) is 0 Å². The first-order chi connectivity index (χ1) is 5.77. The van der Waals surface area contributed by atoms with Crippen molar-refractivity contribution in [3.63, 3.8) is 0 Å². The van der Waals surface area contributed by atoms with Gasteiger partial charge in [-0.15, -0.1) is 12.3 Å². The van der Waals surface area contributed by atoms with Crippen LogP contribution in [0.15, 0.2) is 0 Å². The Bertz CT molecular complexity index is 155. The third kappa shape index (κ3) is 2.89. The Balaban J connectivity index is 2.23. The van der Waals surface area contributed by atoms with Crippen LogP contribution in [-0.2, 0) is 0 Å². The molecule has 0 amide bonds. The van der Waals surface area contributed by atoms with Crippen LogP contribution in [0.25, 0.3) is 0 Å². The van der Waals surface area contributed by atoms with Crippen molar-refractivity contribution in [1.82, 2.24) is 0 Å². The van der Waals surface area contributed by atoms with Crippen molar-refractivity contribution in [1.29, 1.82) is 0 Å². The monoisotopic (exact) mass is 164 g/mol. The summed E-state index contributed by atoms with van der Waals surface area (Å²) >= 11 is 0. The van der Waals surface area contributed by atoms with E-state index < -0.39 is 0 Å². The van der Waals surface area contributed by atoms with Gasteiger partial charge in [0.2, 0.25) is 0 Å². The fourth-order valence-electron chi connectivity index (χ4n) is 2.27. The molecule has 0 aromatic carbocycles. The summed E-state index contributed by atoms with van der Waals surface area (Å²) in [5.74, 6) is 2.72. The average molecular weight is 164 g/mol. The average Bonchev–Trinajstić information content (AvgIpc) is 2.06. The Morgan fingerprint density at radius 1 is 1.25 bits per heavy atom. The molecule has 12 heavy (non-hydrogen) atoms. The van der Waals surface area contributed by atoms with Gasteiger partial charge in [0.05, 0.1) is 0 Å². The minimum absolute atomic E-state index is 0.634. The van der Waals surface area contributed by atoms with Crippen molar-refractivity contribution in [3.05, 3.63) is 0 Å². The van der Waals surface area contributed by atoms with Crippen LogP contribution in [0.5, 0.6) is 0 Å². The molecule has 0 bridgehead atoms. The topological polar surface area (TPSA) is 0 Å². The van der Waals surface area contributed by atoms with E-state index in [-0.39, 0.29) is 0 Å². The molecule has 0 N–H and O–H groups in total. The number of rotatable bonds is 3. The van der Waals surface area contributed by atoms with E-state index in [0.29, 0.717) is 5.41 Å². The summed E-state index contributed by atoms with van der Waals surface area (Å²) in [5, 5.41) is 0. The molecule has 1 fully saturated rings. The number of hydrogen-bond donors (Lipinski definition) is 0. The zero-order valence-corrected chi connectivity index (χ0v) is 8.23. The molecule has 1 aliphatic rings. The first-order valence-corrected chi connectivity index (χ1v) is 5.20. The van der Waals surface area contributed by atoms with E-state index in [2.05, 4.69) is 12.8 Å². The lowest BCUT2D eigenvalue weighted by atomic mass is 9.73. The highest BCUT2D eigenvalue weighted by Crippen LogP contribution is 2.39. The maximum Gasteiger partial charge on any atom is 0.00862 e. The summed E-state index contributed by atoms with van der Waals surface area (Å²) in [6.45, 7) is 2.43. The molecular formula is C12H20. The van der Waals surface area contributed by atoms with Crippen LogP contribution in [0.4, 0.5) is 0 Å². The third-order valence-electron chi connectivity index (χ3n) is 3.16. The first kappa shape index (κ1) is 9.65. The highest BCUT2D eigenvalue weighted by atomic mass is 14.3. The molecule has 0 aromatic heterocycles. The molecule has 0 aliphatic heterocycles. The number of terminal acetylenes is 1. The second-order valence-corrected chi connectivity index (χ2v) is 4.43. The quantitative estimate of drug-likeness (QED) is 0.440. The van der Waals surface area contributed by atoms with Gasteiger partial charge in [-0.25, -0.2) is 0 Å². The highest BCUT2D eigenvalue weighted by molar-refractivity contribution is 4.85. The van der Waals surface area contributed by atoms with Gasteiger partial charge < -0.3 is 0 Å². The van der Waals surface area contributed by atoms with Crippen LogP contribution in [0.3, 0.4) is 0 Å².